The highest BCUT2D eigenvalue weighted by Crippen LogP contribution is 2.22. The second kappa shape index (κ2) is 5.95. The summed E-state index contributed by atoms with van der Waals surface area (Å²) in [7, 11) is 1.55. The van der Waals surface area contributed by atoms with Gasteiger partial charge in [0.1, 0.15) is 12.4 Å². The molecule has 1 unspecified atom stereocenters. The average molecular weight is 239 g/mol. The molecule has 0 aliphatic rings. The smallest absolute Gasteiger partial charge is 0.270 e. The SMILES string of the molecule is COC(C)COc1ccc([N+](=O)[O-])cc1C=O. The van der Waals surface area contributed by atoms with E-state index >= 15 is 0 Å². The molecule has 0 saturated heterocycles. The third-order valence-corrected chi connectivity index (χ3v) is 2.21. The molecule has 0 aliphatic heterocycles. The molecule has 17 heavy (non-hydrogen) atoms. The van der Waals surface area contributed by atoms with Crippen LogP contribution in [0.3, 0.4) is 0 Å². The summed E-state index contributed by atoms with van der Waals surface area (Å²) >= 11 is 0. The van der Waals surface area contributed by atoms with Gasteiger partial charge < -0.3 is 9.47 Å². The predicted octanol–water partition coefficient (Wildman–Crippen LogP) is 1.82. The lowest BCUT2D eigenvalue weighted by molar-refractivity contribution is -0.384. The molecule has 0 saturated carbocycles. The van der Waals surface area contributed by atoms with Crippen LogP contribution in [0.2, 0.25) is 0 Å². The first kappa shape index (κ1) is 13.1. The standard InChI is InChI=1S/C11H13NO5/c1-8(16-2)7-17-11-4-3-10(12(14)15)5-9(11)6-13/h3-6,8H,7H2,1-2H3. The Bertz CT molecular complexity index is 418. The van der Waals surface area contributed by atoms with Gasteiger partial charge >= 0.3 is 0 Å². The van der Waals surface area contributed by atoms with Crippen molar-refractivity contribution in [3.63, 3.8) is 0 Å². The fourth-order valence-corrected chi connectivity index (χ4v) is 1.15. The summed E-state index contributed by atoms with van der Waals surface area (Å²) in [5, 5.41) is 10.5. The molecule has 1 aromatic carbocycles. The number of hydrogen-bond donors (Lipinski definition) is 0. The molecule has 0 radical (unpaired) electrons. The second-order valence-electron chi connectivity index (χ2n) is 3.45. The summed E-state index contributed by atoms with van der Waals surface area (Å²) in [4.78, 5) is 20.7. The van der Waals surface area contributed by atoms with Crippen LogP contribution in [-0.2, 0) is 4.74 Å². The maximum absolute atomic E-state index is 10.8. The van der Waals surface area contributed by atoms with Gasteiger partial charge in [-0.15, -0.1) is 0 Å². The van der Waals surface area contributed by atoms with Crippen LogP contribution in [0.25, 0.3) is 0 Å². The van der Waals surface area contributed by atoms with Crippen LogP contribution in [0.5, 0.6) is 5.75 Å². The number of rotatable bonds is 6. The number of aldehydes is 1. The molecule has 0 fully saturated rings. The normalized spacial score (nSPS) is 11.9. The van der Waals surface area contributed by atoms with Crippen molar-refractivity contribution in [2.75, 3.05) is 13.7 Å². The van der Waals surface area contributed by atoms with E-state index in [9.17, 15) is 14.9 Å². The molecular formula is C11H13NO5. The van der Waals surface area contributed by atoms with Crippen molar-refractivity contribution >= 4 is 12.0 Å². The summed E-state index contributed by atoms with van der Waals surface area (Å²) in [5.41, 5.74) is 0.0155. The van der Waals surface area contributed by atoms with E-state index in [0.29, 0.717) is 12.0 Å². The number of carbonyl (C=O) groups excluding carboxylic acids is 1. The Morgan fingerprint density at radius 3 is 2.76 bits per heavy atom. The van der Waals surface area contributed by atoms with Crippen LogP contribution < -0.4 is 4.74 Å². The lowest BCUT2D eigenvalue weighted by Crippen LogP contribution is -2.16. The van der Waals surface area contributed by atoms with Gasteiger partial charge in [-0.05, 0) is 13.0 Å². The van der Waals surface area contributed by atoms with Crippen LogP contribution in [-0.4, -0.2) is 31.0 Å². The Balaban J connectivity index is 2.85. The van der Waals surface area contributed by atoms with E-state index in [1.54, 1.807) is 7.11 Å². The molecular weight excluding hydrogens is 226 g/mol. The number of nitrogens with zero attached hydrogens (tertiary/aromatic N) is 1. The maximum Gasteiger partial charge on any atom is 0.270 e. The Labute approximate surface area is 98.3 Å². The third-order valence-electron chi connectivity index (χ3n) is 2.21. The number of hydrogen-bond acceptors (Lipinski definition) is 5. The fraction of sp³-hybridized carbons (Fsp3) is 0.364. The summed E-state index contributed by atoms with van der Waals surface area (Å²) in [5.74, 6) is 0.314. The number of carbonyl (C=O) groups is 1. The van der Waals surface area contributed by atoms with Crippen molar-refractivity contribution in [1.82, 2.24) is 0 Å². The van der Waals surface area contributed by atoms with E-state index in [4.69, 9.17) is 9.47 Å². The second-order valence-corrected chi connectivity index (χ2v) is 3.45. The molecule has 6 nitrogen and oxygen atoms in total. The molecule has 1 aromatic rings. The Morgan fingerprint density at radius 2 is 2.24 bits per heavy atom. The Hall–Kier alpha value is -1.95. The first-order valence-electron chi connectivity index (χ1n) is 4.97. The number of methoxy groups -OCH3 is 1. The van der Waals surface area contributed by atoms with Crippen LogP contribution >= 0.6 is 0 Å². The predicted molar refractivity (Wildman–Crippen MR) is 60.4 cm³/mol. The van der Waals surface area contributed by atoms with Crippen molar-refractivity contribution < 1.29 is 19.2 Å². The number of nitro groups is 1. The summed E-state index contributed by atoms with van der Waals surface area (Å²) in [6.07, 6.45) is 0.407. The first-order chi connectivity index (χ1) is 8.08. The topological polar surface area (TPSA) is 78.7 Å². The minimum atomic E-state index is -0.561. The van der Waals surface area contributed by atoms with Crippen molar-refractivity contribution in [1.29, 1.82) is 0 Å². The number of benzene rings is 1. The molecule has 1 atom stereocenters. The van der Waals surface area contributed by atoms with E-state index < -0.39 is 4.92 Å². The van der Waals surface area contributed by atoms with E-state index in [2.05, 4.69) is 0 Å². The quantitative estimate of drug-likeness (QED) is 0.430. The van der Waals surface area contributed by atoms with Crippen molar-refractivity contribution in [3.8, 4) is 5.75 Å². The van der Waals surface area contributed by atoms with Gasteiger partial charge in [0.25, 0.3) is 5.69 Å². The van der Waals surface area contributed by atoms with E-state index in [0.717, 1.165) is 0 Å². The number of ether oxygens (including phenoxy) is 2. The van der Waals surface area contributed by atoms with E-state index in [1.807, 2.05) is 6.92 Å². The highest BCUT2D eigenvalue weighted by atomic mass is 16.6. The van der Waals surface area contributed by atoms with Gasteiger partial charge in [-0.25, -0.2) is 0 Å². The highest BCUT2D eigenvalue weighted by Gasteiger charge is 2.12. The monoisotopic (exact) mass is 239 g/mol. The zero-order chi connectivity index (χ0) is 12.8. The van der Waals surface area contributed by atoms with E-state index in [-0.39, 0.29) is 24.0 Å². The van der Waals surface area contributed by atoms with Gasteiger partial charge in [0.15, 0.2) is 6.29 Å². The molecule has 0 heterocycles. The van der Waals surface area contributed by atoms with Gasteiger partial charge in [0.2, 0.25) is 0 Å². The molecule has 0 aromatic heterocycles. The number of nitro benzene ring substituents is 1. The maximum atomic E-state index is 10.8. The molecule has 0 amide bonds. The fourth-order valence-electron chi connectivity index (χ4n) is 1.15. The lowest BCUT2D eigenvalue weighted by atomic mass is 10.2. The lowest BCUT2D eigenvalue weighted by Gasteiger charge is -2.12. The molecule has 6 heteroatoms. The molecule has 0 bridgehead atoms. The summed E-state index contributed by atoms with van der Waals surface area (Å²) in [6, 6.07) is 3.88. The van der Waals surface area contributed by atoms with Gasteiger partial charge in [0, 0.05) is 19.2 Å². The zero-order valence-electron chi connectivity index (χ0n) is 9.58. The van der Waals surface area contributed by atoms with Gasteiger partial charge in [-0.1, -0.05) is 0 Å². The average Bonchev–Trinajstić information content (AvgIpc) is 2.35. The first-order valence-corrected chi connectivity index (χ1v) is 4.97. The zero-order valence-corrected chi connectivity index (χ0v) is 9.58. The van der Waals surface area contributed by atoms with E-state index in [1.165, 1.54) is 18.2 Å². The van der Waals surface area contributed by atoms with Crippen LogP contribution in [0.4, 0.5) is 5.69 Å². The van der Waals surface area contributed by atoms with Crippen LogP contribution in [0, 0.1) is 10.1 Å². The number of non-ortho nitro benzene ring substituents is 1. The minimum Gasteiger partial charge on any atom is -0.490 e. The van der Waals surface area contributed by atoms with Crippen LogP contribution in [0.1, 0.15) is 17.3 Å². The van der Waals surface area contributed by atoms with Crippen LogP contribution in [0.15, 0.2) is 18.2 Å². The third kappa shape index (κ3) is 3.53. The summed E-state index contributed by atoms with van der Waals surface area (Å²) in [6.45, 7) is 2.08. The highest BCUT2D eigenvalue weighted by molar-refractivity contribution is 5.80. The molecule has 1 rings (SSSR count). The largest absolute Gasteiger partial charge is 0.490 e. The van der Waals surface area contributed by atoms with Crippen molar-refractivity contribution in [2.45, 2.75) is 13.0 Å². The Kier molecular flexibility index (Phi) is 4.59. The molecule has 0 spiro atoms. The minimum absolute atomic E-state index is 0.121. The summed E-state index contributed by atoms with van der Waals surface area (Å²) < 4.78 is 10.3. The molecule has 92 valence electrons. The Morgan fingerprint density at radius 1 is 1.53 bits per heavy atom. The van der Waals surface area contributed by atoms with Gasteiger partial charge in [-0.3, -0.25) is 14.9 Å². The molecule has 0 aliphatic carbocycles. The van der Waals surface area contributed by atoms with Crippen molar-refractivity contribution in [3.05, 3.63) is 33.9 Å². The van der Waals surface area contributed by atoms with Gasteiger partial charge in [0.05, 0.1) is 16.6 Å². The van der Waals surface area contributed by atoms with Crippen molar-refractivity contribution in [2.24, 2.45) is 0 Å². The molecule has 0 N–H and O–H groups in total. The van der Waals surface area contributed by atoms with Gasteiger partial charge in [-0.2, -0.15) is 0 Å².